The molecule has 1 aliphatic carbocycles. The summed E-state index contributed by atoms with van der Waals surface area (Å²) in [6.45, 7) is 9.04. The van der Waals surface area contributed by atoms with E-state index in [4.69, 9.17) is 0 Å². The van der Waals surface area contributed by atoms with Crippen LogP contribution in [0.2, 0.25) is 0 Å². The Hall–Kier alpha value is -7.80. The second kappa shape index (κ2) is 23.3. The normalized spacial score (nSPS) is 12.6. The average molecular weight is 1030 g/mol. The van der Waals surface area contributed by atoms with Gasteiger partial charge in [0.15, 0.2) is 0 Å². The van der Waals surface area contributed by atoms with Gasteiger partial charge in [-0.15, -0.1) is 0 Å². The number of unbranched alkanes of at least 4 members (excludes halogenated alkanes) is 10. The fraction of sp³-hybridized carbons (Fsp3) is 0.241. The zero-order chi connectivity index (χ0) is 53.7. The number of benzene rings is 11. The Balaban J connectivity index is 0.833. The van der Waals surface area contributed by atoms with Crippen molar-refractivity contribution >= 4 is 32.3 Å². The molecular weight excluding hydrogens is 949 g/mol. The fourth-order valence-corrected chi connectivity index (χ4v) is 13.4. The van der Waals surface area contributed by atoms with Crippen molar-refractivity contribution < 1.29 is 0 Å². The summed E-state index contributed by atoms with van der Waals surface area (Å²) in [5, 5.41) is 7.84. The molecule has 1 aliphatic rings. The largest absolute Gasteiger partial charge is 0.0654 e. The van der Waals surface area contributed by atoms with Crippen molar-refractivity contribution in [2.45, 2.75) is 123 Å². The minimum atomic E-state index is -0.0204. The van der Waals surface area contributed by atoms with Crippen LogP contribution in [-0.4, -0.2) is 0 Å². The van der Waals surface area contributed by atoms with Crippen LogP contribution in [0.15, 0.2) is 218 Å². The Labute approximate surface area is 471 Å². The van der Waals surface area contributed by atoms with Crippen molar-refractivity contribution in [3.05, 3.63) is 241 Å². The fourth-order valence-electron chi connectivity index (χ4n) is 13.4. The van der Waals surface area contributed by atoms with Crippen molar-refractivity contribution in [2.24, 2.45) is 0 Å². The van der Waals surface area contributed by atoms with Crippen LogP contribution in [0, 0.1) is 13.8 Å². The van der Waals surface area contributed by atoms with Crippen LogP contribution in [0.4, 0.5) is 0 Å². The molecule has 0 radical (unpaired) electrons. The van der Waals surface area contributed by atoms with Gasteiger partial charge in [-0.25, -0.2) is 0 Å². The molecule has 0 spiro atoms. The van der Waals surface area contributed by atoms with E-state index in [-0.39, 0.29) is 5.41 Å². The van der Waals surface area contributed by atoms with E-state index in [2.05, 4.69) is 246 Å². The van der Waals surface area contributed by atoms with Gasteiger partial charge < -0.3 is 0 Å². The predicted octanol–water partition coefficient (Wildman–Crippen LogP) is 23.5. The molecule has 0 N–H and O–H groups in total. The maximum absolute atomic E-state index is 2.61. The lowest BCUT2D eigenvalue weighted by Crippen LogP contribution is -2.25. The second-order valence-electron chi connectivity index (χ2n) is 23.2. The number of rotatable bonds is 20. The molecule has 0 amide bonds. The summed E-state index contributed by atoms with van der Waals surface area (Å²) in [7, 11) is 0. The van der Waals surface area contributed by atoms with Crippen LogP contribution < -0.4 is 0 Å². The third kappa shape index (κ3) is 10.6. The van der Waals surface area contributed by atoms with Gasteiger partial charge >= 0.3 is 0 Å². The molecule has 11 aromatic carbocycles. The van der Waals surface area contributed by atoms with Crippen molar-refractivity contribution in [2.75, 3.05) is 0 Å². The standard InChI is InChI=1S/C79H76/c1-5-7-9-11-13-19-47-79(48-20-14-12-10-8-6-2)77-53-65(61-35-29-58(30-36-61)57-27-25-55(3)26-28-57)42-45-74(77)75-46-43-66(54-78(75)79)62-37-31-59(32-38-62)60-33-39-63(40-34-60)67-49-56(4)50-68(51-67)64-41-44-73-71-23-16-15-21-69(71)70-22-17-18-24-72(70)76(73)52-64/h15-18,21-46,49-54H,5-14,19-20,47-48H2,1-4H3. The number of fused-ring (bicyclic) bond motifs is 9. The molecule has 0 saturated heterocycles. The molecular formula is C79H76. The number of hydrogen-bond donors (Lipinski definition) is 0. The van der Waals surface area contributed by atoms with Gasteiger partial charge in [0, 0.05) is 5.41 Å². The highest BCUT2D eigenvalue weighted by Gasteiger charge is 2.42. The summed E-state index contributed by atoms with van der Waals surface area (Å²) in [6, 6.07) is 83.5. The van der Waals surface area contributed by atoms with E-state index in [0.717, 1.165) is 0 Å². The van der Waals surface area contributed by atoms with Crippen molar-refractivity contribution in [3.8, 4) is 77.9 Å². The zero-order valence-corrected chi connectivity index (χ0v) is 47.2. The van der Waals surface area contributed by atoms with Gasteiger partial charge in [0.2, 0.25) is 0 Å². The highest BCUT2D eigenvalue weighted by Crippen LogP contribution is 2.56. The SMILES string of the molecule is CCCCCCCCC1(CCCCCCCC)c2cc(-c3ccc(-c4ccc(C)cc4)cc3)ccc2-c2ccc(-c3ccc(-c4ccc(-c5cc(C)cc(-c6ccc7c8ccccc8c8ccccc8c7c6)c5)cc4)cc3)cc21. The zero-order valence-electron chi connectivity index (χ0n) is 47.2. The van der Waals surface area contributed by atoms with E-state index >= 15 is 0 Å². The van der Waals surface area contributed by atoms with Gasteiger partial charge in [0.25, 0.3) is 0 Å². The first kappa shape index (κ1) is 51.9. The monoisotopic (exact) mass is 1020 g/mol. The average Bonchev–Trinajstić information content (AvgIpc) is 3.88. The summed E-state index contributed by atoms with van der Waals surface area (Å²) in [5.41, 5.74) is 23.7. The van der Waals surface area contributed by atoms with E-state index in [1.54, 1.807) is 11.1 Å². The molecule has 0 saturated carbocycles. The second-order valence-corrected chi connectivity index (χ2v) is 23.2. The van der Waals surface area contributed by atoms with Crippen LogP contribution in [0.1, 0.15) is 126 Å². The summed E-state index contributed by atoms with van der Waals surface area (Å²) in [6.07, 6.45) is 18.1. The van der Waals surface area contributed by atoms with E-state index in [9.17, 15) is 0 Å². The van der Waals surface area contributed by atoms with E-state index in [1.165, 1.54) is 211 Å². The minimum Gasteiger partial charge on any atom is -0.0654 e. The van der Waals surface area contributed by atoms with E-state index in [1.807, 2.05) is 0 Å². The smallest absolute Gasteiger partial charge is 0.0215 e. The van der Waals surface area contributed by atoms with Crippen molar-refractivity contribution in [1.29, 1.82) is 0 Å². The lowest BCUT2D eigenvalue weighted by atomic mass is 9.70. The quantitative estimate of drug-likeness (QED) is 0.0527. The summed E-state index contributed by atoms with van der Waals surface area (Å²) < 4.78 is 0. The number of aryl methyl sites for hydroxylation is 2. The molecule has 0 atom stereocenters. The van der Waals surface area contributed by atoms with Gasteiger partial charge in [-0.2, -0.15) is 0 Å². The van der Waals surface area contributed by atoms with Crippen molar-refractivity contribution in [1.82, 2.24) is 0 Å². The summed E-state index contributed by atoms with van der Waals surface area (Å²) in [4.78, 5) is 0. The predicted molar refractivity (Wildman–Crippen MR) is 343 cm³/mol. The van der Waals surface area contributed by atoms with Crippen LogP contribution >= 0.6 is 0 Å². The first-order valence-electron chi connectivity index (χ1n) is 30.0. The van der Waals surface area contributed by atoms with Gasteiger partial charge in [0.05, 0.1) is 0 Å². The summed E-state index contributed by atoms with van der Waals surface area (Å²) in [5.74, 6) is 0. The molecule has 79 heavy (non-hydrogen) atoms. The first-order valence-corrected chi connectivity index (χ1v) is 30.0. The third-order valence-corrected chi connectivity index (χ3v) is 17.8. The Morgan fingerprint density at radius 3 is 1.00 bits per heavy atom. The number of hydrogen-bond acceptors (Lipinski definition) is 0. The molecule has 12 rings (SSSR count). The van der Waals surface area contributed by atoms with Crippen LogP contribution in [0.25, 0.3) is 110 Å². The van der Waals surface area contributed by atoms with Gasteiger partial charge in [0.1, 0.15) is 0 Å². The van der Waals surface area contributed by atoms with E-state index < -0.39 is 0 Å². The molecule has 0 aromatic heterocycles. The lowest BCUT2D eigenvalue weighted by molar-refractivity contribution is 0.398. The van der Waals surface area contributed by atoms with Crippen LogP contribution in [-0.2, 0) is 5.41 Å². The van der Waals surface area contributed by atoms with E-state index in [0.29, 0.717) is 0 Å². The molecule has 0 fully saturated rings. The highest BCUT2D eigenvalue weighted by molar-refractivity contribution is 6.25. The Morgan fingerprint density at radius 2 is 0.557 bits per heavy atom. The molecule has 0 bridgehead atoms. The molecule has 0 nitrogen and oxygen atoms in total. The molecule has 0 unspecified atom stereocenters. The highest BCUT2D eigenvalue weighted by atomic mass is 14.5. The molecule has 392 valence electrons. The topological polar surface area (TPSA) is 0 Å². The first-order chi connectivity index (χ1) is 38.9. The Morgan fingerprint density at radius 1 is 0.241 bits per heavy atom. The molecule has 0 aliphatic heterocycles. The van der Waals surface area contributed by atoms with Crippen molar-refractivity contribution in [3.63, 3.8) is 0 Å². The minimum absolute atomic E-state index is 0.0204. The van der Waals surface area contributed by atoms with Crippen LogP contribution in [0.5, 0.6) is 0 Å². The third-order valence-electron chi connectivity index (χ3n) is 17.8. The lowest BCUT2D eigenvalue weighted by Gasteiger charge is -2.33. The maximum atomic E-state index is 2.61. The maximum Gasteiger partial charge on any atom is 0.0215 e. The summed E-state index contributed by atoms with van der Waals surface area (Å²) >= 11 is 0. The van der Waals surface area contributed by atoms with Gasteiger partial charge in [-0.3, -0.25) is 0 Å². The molecule has 11 aromatic rings. The Kier molecular flexibility index (Phi) is 15.3. The van der Waals surface area contributed by atoms with Gasteiger partial charge in [-0.1, -0.05) is 291 Å². The van der Waals surface area contributed by atoms with Crippen LogP contribution in [0.3, 0.4) is 0 Å². The molecule has 0 heterocycles. The molecule has 0 heteroatoms. The Bertz CT molecular complexity index is 3850. The van der Waals surface area contributed by atoms with Gasteiger partial charge in [-0.05, 0) is 178 Å².